The van der Waals surface area contributed by atoms with Crippen LogP contribution in [0.5, 0.6) is 0 Å². The Morgan fingerprint density at radius 3 is 2.90 bits per heavy atom. The van der Waals surface area contributed by atoms with Crippen molar-refractivity contribution in [2.24, 2.45) is 0 Å². The van der Waals surface area contributed by atoms with E-state index in [4.69, 9.17) is 11.6 Å². The quantitative estimate of drug-likeness (QED) is 0.647. The molecule has 0 unspecified atom stereocenters. The van der Waals surface area contributed by atoms with Gasteiger partial charge in [-0.15, -0.1) is 0 Å². The summed E-state index contributed by atoms with van der Waals surface area (Å²) in [5, 5.41) is 2.97. The average Bonchev–Trinajstić information content (AvgIpc) is 2.70. The van der Waals surface area contributed by atoms with Crippen LogP contribution in [-0.4, -0.2) is 51.9 Å². The van der Waals surface area contributed by atoms with Gasteiger partial charge in [0, 0.05) is 20.1 Å². The third-order valence-corrected chi connectivity index (χ3v) is 5.22. The van der Waals surface area contributed by atoms with Crippen LogP contribution in [-0.2, 0) is 4.79 Å². The number of fused-ring (bicyclic) bond motifs is 1. The fourth-order valence-electron chi connectivity index (χ4n) is 3.14. The maximum absolute atomic E-state index is 14.3. The number of rotatable bonds is 5. The molecular weight excluding hydrogens is 395 g/mol. The normalized spacial score (nSPS) is 13.8. The third kappa shape index (κ3) is 3.58. The molecule has 1 saturated heterocycles. The minimum atomic E-state index is -0.558. The first-order chi connectivity index (χ1) is 14.0. The lowest BCUT2D eigenvalue weighted by Gasteiger charge is -2.44. The summed E-state index contributed by atoms with van der Waals surface area (Å²) in [7, 11) is 1.76. The topological polar surface area (TPSA) is 74.2 Å². The summed E-state index contributed by atoms with van der Waals surface area (Å²) in [5.41, 5.74) is 1.35. The van der Waals surface area contributed by atoms with Gasteiger partial charge in [0.1, 0.15) is 17.7 Å². The molecule has 0 radical (unpaired) electrons. The highest BCUT2D eigenvalue weighted by atomic mass is 35.5. The lowest BCUT2D eigenvalue weighted by molar-refractivity contribution is -0.127. The fraction of sp³-hybridized carbons (Fsp3) is 0.200. The van der Waals surface area contributed by atoms with Crippen molar-refractivity contribution in [3.05, 3.63) is 60.2 Å². The molecule has 0 atom stereocenters. The molecule has 1 aliphatic heterocycles. The monoisotopic (exact) mass is 412 g/mol. The van der Waals surface area contributed by atoms with Crippen molar-refractivity contribution in [3.8, 4) is 0 Å². The molecule has 1 N–H and O–H groups in total. The second kappa shape index (κ2) is 7.63. The first kappa shape index (κ1) is 19.1. The number of nitrogens with zero attached hydrogens (tertiary/aromatic N) is 5. The van der Waals surface area contributed by atoms with Crippen LogP contribution in [0.15, 0.2) is 49.3 Å². The Labute approximate surface area is 171 Å². The van der Waals surface area contributed by atoms with E-state index in [2.05, 4.69) is 26.8 Å². The third-order valence-electron chi connectivity index (χ3n) is 4.93. The Balaban J connectivity index is 1.59. The molecule has 1 fully saturated rings. The van der Waals surface area contributed by atoms with Gasteiger partial charge in [-0.2, -0.15) is 0 Å². The van der Waals surface area contributed by atoms with Crippen LogP contribution >= 0.6 is 11.6 Å². The lowest BCUT2D eigenvalue weighted by atomic mass is 10.1. The van der Waals surface area contributed by atoms with E-state index in [9.17, 15) is 9.18 Å². The zero-order valence-electron chi connectivity index (χ0n) is 15.6. The molecule has 2 aromatic heterocycles. The van der Waals surface area contributed by atoms with Crippen LogP contribution in [0.2, 0.25) is 5.02 Å². The van der Waals surface area contributed by atoms with Crippen LogP contribution in [0.3, 0.4) is 0 Å². The number of hydrogen-bond donors (Lipinski definition) is 1. The van der Waals surface area contributed by atoms with Crippen molar-refractivity contribution in [1.82, 2.24) is 19.9 Å². The summed E-state index contributed by atoms with van der Waals surface area (Å²) >= 11 is 5.86. The molecule has 9 heteroatoms. The van der Waals surface area contributed by atoms with Gasteiger partial charge in [-0.25, -0.2) is 19.3 Å². The Hall–Kier alpha value is -3.26. The maximum Gasteiger partial charge on any atom is 0.246 e. The van der Waals surface area contributed by atoms with E-state index in [1.807, 2.05) is 17.0 Å². The fourth-order valence-corrected chi connectivity index (χ4v) is 3.31. The zero-order valence-corrected chi connectivity index (χ0v) is 16.4. The van der Waals surface area contributed by atoms with Crippen LogP contribution < -0.4 is 10.2 Å². The number of hydrogen-bond acceptors (Lipinski definition) is 6. The second-order valence-electron chi connectivity index (χ2n) is 6.70. The van der Waals surface area contributed by atoms with Gasteiger partial charge in [0.2, 0.25) is 5.91 Å². The number of carbonyl (C=O) groups excluding carboxylic acids is 1. The van der Waals surface area contributed by atoms with Crippen LogP contribution in [0.4, 0.5) is 21.7 Å². The van der Waals surface area contributed by atoms with Crippen molar-refractivity contribution in [2.75, 3.05) is 30.4 Å². The van der Waals surface area contributed by atoms with Crippen LogP contribution in [0.1, 0.15) is 0 Å². The van der Waals surface area contributed by atoms with E-state index in [1.165, 1.54) is 18.5 Å². The Bertz CT molecular complexity index is 1100. The molecule has 148 valence electrons. The standard InChI is InChI=1S/C20H18ClFN6O/c1-3-17(29)27(2)12-9-28(10-12)16-8-7-15-19(26-16)20(24-11-23-15)25-14-6-4-5-13(21)18(14)22/h3-8,11-12H,1,9-10H2,2H3,(H,23,24,25). The van der Waals surface area contributed by atoms with E-state index in [0.29, 0.717) is 29.9 Å². The number of carbonyl (C=O) groups is 1. The predicted octanol–water partition coefficient (Wildman–Crippen LogP) is 3.39. The largest absolute Gasteiger partial charge is 0.352 e. The molecule has 1 aromatic carbocycles. The predicted molar refractivity (Wildman–Crippen MR) is 111 cm³/mol. The summed E-state index contributed by atoms with van der Waals surface area (Å²) < 4.78 is 14.3. The summed E-state index contributed by atoms with van der Waals surface area (Å²) in [4.78, 5) is 28.6. The summed E-state index contributed by atoms with van der Waals surface area (Å²) in [6, 6.07) is 8.51. The first-order valence-corrected chi connectivity index (χ1v) is 9.32. The summed E-state index contributed by atoms with van der Waals surface area (Å²) in [6.07, 6.45) is 2.70. The molecule has 4 rings (SSSR count). The molecule has 0 aliphatic carbocycles. The second-order valence-corrected chi connectivity index (χ2v) is 7.11. The van der Waals surface area contributed by atoms with Crippen molar-refractivity contribution in [1.29, 1.82) is 0 Å². The Morgan fingerprint density at radius 2 is 2.14 bits per heavy atom. The zero-order chi connectivity index (χ0) is 20.5. The highest BCUT2D eigenvalue weighted by Crippen LogP contribution is 2.29. The average molecular weight is 413 g/mol. The molecule has 0 spiro atoms. The van der Waals surface area contributed by atoms with Crippen molar-refractivity contribution in [3.63, 3.8) is 0 Å². The number of nitrogens with one attached hydrogen (secondary N) is 1. The Kier molecular flexibility index (Phi) is 5.02. The molecule has 1 aliphatic rings. The number of amides is 1. The van der Waals surface area contributed by atoms with Crippen LogP contribution in [0.25, 0.3) is 11.0 Å². The molecular formula is C20H18ClFN6O. The number of benzene rings is 1. The molecule has 29 heavy (non-hydrogen) atoms. The molecule has 3 aromatic rings. The van der Waals surface area contributed by atoms with E-state index in [-0.39, 0.29) is 22.7 Å². The van der Waals surface area contributed by atoms with Crippen LogP contribution in [0, 0.1) is 5.82 Å². The molecule has 0 saturated carbocycles. The van der Waals surface area contributed by atoms with E-state index in [1.54, 1.807) is 24.1 Å². The SMILES string of the molecule is C=CC(=O)N(C)C1CN(c2ccc3ncnc(Nc4cccc(Cl)c4F)c3n2)C1. The van der Waals surface area contributed by atoms with Gasteiger partial charge in [-0.1, -0.05) is 24.2 Å². The number of pyridine rings is 1. The van der Waals surface area contributed by atoms with Crippen molar-refractivity contribution in [2.45, 2.75) is 6.04 Å². The number of aromatic nitrogens is 3. The van der Waals surface area contributed by atoms with E-state index >= 15 is 0 Å². The van der Waals surface area contributed by atoms with Gasteiger partial charge in [0.25, 0.3) is 0 Å². The summed E-state index contributed by atoms with van der Waals surface area (Å²) in [6.45, 7) is 4.84. The number of anilines is 3. The first-order valence-electron chi connectivity index (χ1n) is 8.95. The number of likely N-dealkylation sites (N-methyl/N-ethyl adjacent to an activating group) is 1. The van der Waals surface area contributed by atoms with Gasteiger partial charge >= 0.3 is 0 Å². The maximum atomic E-state index is 14.3. The highest BCUT2D eigenvalue weighted by molar-refractivity contribution is 6.31. The molecule has 3 heterocycles. The highest BCUT2D eigenvalue weighted by Gasteiger charge is 2.32. The van der Waals surface area contributed by atoms with Gasteiger partial charge in [0.15, 0.2) is 11.6 Å². The minimum absolute atomic E-state index is 0.0202. The number of halogens is 2. The van der Waals surface area contributed by atoms with E-state index < -0.39 is 5.82 Å². The molecule has 7 nitrogen and oxygen atoms in total. The Morgan fingerprint density at radius 1 is 1.34 bits per heavy atom. The van der Waals surface area contributed by atoms with Crippen molar-refractivity contribution < 1.29 is 9.18 Å². The van der Waals surface area contributed by atoms with Gasteiger partial charge < -0.3 is 15.1 Å². The summed E-state index contributed by atoms with van der Waals surface area (Å²) in [5.74, 6) is 0.453. The van der Waals surface area contributed by atoms with E-state index in [0.717, 1.165) is 5.82 Å². The lowest BCUT2D eigenvalue weighted by Crippen LogP contribution is -2.59. The van der Waals surface area contributed by atoms with Gasteiger partial charge in [-0.05, 0) is 30.3 Å². The van der Waals surface area contributed by atoms with Crippen molar-refractivity contribution >= 4 is 45.9 Å². The molecule has 0 bridgehead atoms. The van der Waals surface area contributed by atoms with Gasteiger partial charge in [0.05, 0.1) is 22.3 Å². The molecule has 1 amide bonds. The van der Waals surface area contributed by atoms with Gasteiger partial charge in [-0.3, -0.25) is 4.79 Å². The smallest absolute Gasteiger partial charge is 0.246 e. The minimum Gasteiger partial charge on any atom is -0.352 e.